The first-order valence-corrected chi connectivity index (χ1v) is 8.65. The maximum atomic E-state index is 11.6. The molecule has 2 rings (SSSR count). The molecule has 2 N–H and O–H groups in total. The topological polar surface area (TPSA) is 70.9 Å². The Morgan fingerprint density at radius 1 is 1.32 bits per heavy atom. The molecule has 0 saturated heterocycles. The number of carbonyl (C=O) groups is 1. The molecule has 5 nitrogen and oxygen atoms in total. The molecule has 7 heteroatoms. The lowest BCUT2D eigenvalue weighted by molar-refractivity contribution is -0.136. The molecule has 0 radical (unpaired) electrons. The summed E-state index contributed by atoms with van der Waals surface area (Å²) in [5, 5.41) is 13.9. The van der Waals surface area contributed by atoms with Crippen molar-refractivity contribution in [3.63, 3.8) is 0 Å². The first-order chi connectivity index (χ1) is 11.8. The Labute approximate surface area is 159 Å². The molecule has 0 saturated carbocycles. The van der Waals surface area contributed by atoms with Crippen molar-refractivity contribution in [1.29, 1.82) is 0 Å². The van der Waals surface area contributed by atoms with Gasteiger partial charge in [-0.1, -0.05) is 39.7 Å². The van der Waals surface area contributed by atoms with Gasteiger partial charge in [-0.3, -0.25) is 4.79 Å². The van der Waals surface area contributed by atoms with Crippen molar-refractivity contribution in [2.45, 2.75) is 26.1 Å². The molecule has 0 aliphatic carbocycles. The first kappa shape index (κ1) is 19.4. The van der Waals surface area contributed by atoms with E-state index in [1.807, 2.05) is 24.3 Å². The molecule has 0 aliphatic rings. The molecule has 0 unspecified atom stereocenters. The molecular formula is C18H18BrClN2O3. The third-order valence-electron chi connectivity index (χ3n) is 3.20. The molecule has 2 aromatic carbocycles. The van der Waals surface area contributed by atoms with Gasteiger partial charge >= 0.3 is 0 Å². The van der Waals surface area contributed by atoms with E-state index >= 15 is 0 Å². The van der Waals surface area contributed by atoms with Crippen molar-refractivity contribution >= 4 is 39.7 Å². The predicted molar refractivity (Wildman–Crippen MR) is 102 cm³/mol. The molecular weight excluding hydrogens is 408 g/mol. The molecule has 0 spiro atoms. The highest BCUT2D eigenvalue weighted by molar-refractivity contribution is 9.10. The second-order valence-corrected chi connectivity index (χ2v) is 7.21. The zero-order valence-electron chi connectivity index (χ0n) is 13.8. The van der Waals surface area contributed by atoms with Crippen molar-refractivity contribution in [1.82, 2.24) is 5.43 Å². The van der Waals surface area contributed by atoms with E-state index in [9.17, 15) is 9.90 Å². The van der Waals surface area contributed by atoms with Gasteiger partial charge in [0.2, 0.25) is 0 Å². The second-order valence-electron chi connectivity index (χ2n) is 5.86. The maximum absolute atomic E-state index is 11.6. The zero-order valence-corrected chi connectivity index (χ0v) is 16.1. The minimum absolute atomic E-state index is 0.381. The summed E-state index contributed by atoms with van der Waals surface area (Å²) in [7, 11) is 0. The quantitative estimate of drug-likeness (QED) is 0.545. The summed E-state index contributed by atoms with van der Waals surface area (Å²) in [6.45, 7) is 3.14. The fourth-order valence-electron chi connectivity index (χ4n) is 1.79. The van der Waals surface area contributed by atoms with Crippen LogP contribution in [0.15, 0.2) is 52.0 Å². The molecule has 0 aromatic heterocycles. The third-order valence-corrected chi connectivity index (χ3v) is 3.97. The number of amides is 1. The van der Waals surface area contributed by atoms with Crippen LogP contribution < -0.4 is 10.2 Å². The first-order valence-electron chi connectivity index (χ1n) is 7.48. The highest BCUT2D eigenvalue weighted by atomic mass is 79.9. The number of aliphatic hydroxyl groups is 1. The van der Waals surface area contributed by atoms with Gasteiger partial charge in [0.15, 0.2) is 0 Å². The number of nitrogens with zero attached hydrogens (tertiary/aromatic N) is 1. The standard InChI is InChI=1S/C18H18BrClN2O3/c1-18(2,24)17(23)22-21-10-13-9-15(20)7-8-16(13)25-11-12-3-5-14(19)6-4-12/h3-10,24H,11H2,1-2H3,(H,22,23)/b21-10-. The van der Waals surface area contributed by atoms with Gasteiger partial charge < -0.3 is 9.84 Å². The number of hydrogen-bond acceptors (Lipinski definition) is 4. The number of rotatable bonds is 6. The van der Waals surface area contributed by atoms with E-state index in [4.69, 9.17) is 16.3 Å². The van der Waals surface area contributed by atoms with Crippen LogP contribution in [-0.4, -0.2) is 22.8 Å². The molecule has 0 aliphatic heterocycles. The Morgan fingerprint density at radius 2 is 2.00 bits per heavy atom. The SMILES string of the molecule is CC(C)(O)C(=O)N/N=C\c1cc(Cl)ccc1OCc1ccc(Br)cc1. The van der Waals surface area contributed by atoms with Gasteiger partial charge in [0.05, 0.1) is 6.21 Å². The van der Waals surface area contributed by atoms with Gasteiger partial charge in [-0.05, 0) is 49.7 Å². The lowest BCUT2D eigenvalue weighted by Gasteiger charge is -2.14. The van der Waals surface area contributed by atoms with Crippen molar-refractivity contribution in [3.05, 3.63) is 63.1 Å². The summed E-state index contributed by atoms with van der Waals surface area (Å²) in [4.78, 5) is 11.6. The molecule has 132 valence electrons. The smallest absolute Gasteiger partial charge is 0.271 e. The number of ether oxygens (including phenoxy) is 1. The zero-order chi connectivity index (χ0) is 18.4. The Bertz CT molecular complexity index is 771. The van der Waals surface area contributed by atoms with Crippen LogP contribution in [-0.2, 0) is 11.4 Å². The molecule has 1 amide bonds. The van der Waals surface area contributed by atoms with E-state index < -0.39 is 11.5 Å². The van der Waals surface area contributed by atoms with Crippen molar-refractivity contribution in [2.24, 2.45) is 5.10 Å². The third kappa shape index (κ3) is 6.16. The van der Waals surface area contributed by atoms with Gasteiger partial charge in [0.25, 0.3) is 5.91 Å². The lowest BCUT2D eigenvalue weighted by atomic mass is 10.1. The summed E-state index contributed by atoms with van der Waals surface area (Å²) in [5.74, 6) is -0.0308. The Balaban J connectivity index is 2.08. The molecule has 0 heterocycles. The molecule has 0 atom stereocenters. The average molecular weight is 426 g/mol. The minimum Gasteiger partial charge on any atom is -0.488 e. The van der Waals surface area contributed by atoms with Crippen LogP contribution in [0.5, 0.6) is 5.75 Å². The van der Waals surface area contributed by atoms with Gasteiger partial charge in [0.1, 0.15) is 18.0 Å². The number of hydrogen-bond donors (Lipinski definition) is 2. The van der Waals surface area contributed by atoms with Crippen LogP contribution in [0, 0.1) is 0 Å². The summed E-state index contributed by atoms with van der Waals surface area (Å²) in [6.07, 6.45) is 1.42. The van der Waals surface area contributed by atoms with Crippen LogP contribution in [0.25, 0.3) is 0 Å². The Kier molecular flexibility index (Phi) is 6.58. The lowest BCUT2D eigenvalue weighted by Crippen LogP contribution is -2.39. The fraction of sp³-hybridized carbons (Fsp3) is 0.222. The number of hydrazone groups is 1. The summed E-state index contributed by atoms with van der Waals surface area (Å²) in [6, 6.07) is 12.9. The van der Waals surface area contributed by atoms with E-state index in [1.165, 1.54) is 20.1 Å². The van der Waals surface area contributed by atoms with Crippen molar-refractivity contribution < 1.29 is 14.6 Å². The van der Waals surface area contributed by atoms with Gasteiger partial charge in [-0.25, -0.2) is 5.43 Å². The summed E-state index contributed by atoms with van der Waals surface area (Å²) in [5.41, 5.74) is 2.39. The van der Waals surface area contributed by atoms with Crippen LogP contribution >= 0.6 is 27.5 Å². The van der Waals surface area contributed by atoms with E-state index in [1.54, 1.807) is 18.2 Å². The number of benzene rings is 2. The van der Waals surface area contributed by atoms with Crippen LogP contribution in [0.2, 0.25) is 5.02 Å². The maximum Gasteiger partial charge on any atom is 0.271 e. The Hall–Kier alpha value is -1.89. The van der Waals surface area contributed by atoms with E-state index in [0.29, 0.717) is 22.9 Å². The highest BCUT2D eigenvalue weighted by Crippen LogP contribution is 2.23. The second kappa shape index (κ2) is 8.47. The highest BCUT2D eigenvalue weighted by Gasteiger charge is 2.22. The minimum atomic E-state index is -1.51. The van der Waals surface area contributed by atoms with Gasteiger partial charge in [0, 0.05) is 15.1 Å². The van der Waals surface area contributed by atoms with E-state index in [0.717, 1.165) is 10.0 Å². The van der Waals surface area contributed by atoms with E-state index in [2.05, 4.69) is 26.5 Å². The predicted octanol–water partition coefficient (Wildman–Crippen LogP) is 3.90. The molecule has 0 fully saturated rings. The number of halogens is 2. The average Bonchev–Trinajstić information content (AvgIpc) is 2.54. The normalized spacial score (nSPS) is 11.6. The van der Waals surface area contributed by atoms with Crippen molar-refractivity contribution in [2.75, 3.05) is 0 Å². The monoisotopic (exact) mass is 424 g/mol. The molecule has 2 aromatic rings. The van der Waals surface area contributed by atoms with Crippen LogP contribution in [0.4, 0.5) is 0 Å². The molecule has 25 heavy (non-hydrogen) atoms. The van der Waals surface area contributed by atoms with Crippen molar-refractivity contribution in [3.8, 4) is 5.75 Å². The largest absolute Gasteiger partial charge is 0.488 e. The summed E-state index contributed by atoms with van der Waals surface area (Å²) < 4.78 is 6.81. The van der Waals surface area contributed by atoms with Crippen LogP contribution in [0.3, 0.4) is 0 Å². The molecule has 0 bridgehead atoms. The van der Waals surface area contributed by atoms with Gasteiger partial charge in [-0.2, -0.15) is 5.10 Å². The number of carbonyl (C=O) groups excluding carboxylic acids is 1. The van der Waals surface area contributed by atoms with Crippen LogP contribution in [0.1, 0.15) is 25.0 Å². The number of nitrogens with one attached hydrogen (secondary N) is 1. The van der Waals surface area contributed by atoms with Gasteiger partial charge in [-0.15, -0.1) is 0 Å². The van der Waals surface area contributed by atoms with E-state index in [-0.39, 0.29) is 0 Å². The fourth-order valence-corrected chi connectivity index (χ4v) is 2.24. The summed E-state index contributed by atoms with van der Waals surface area (Å²) >= 11 is 9.41. The Morgan fingerprint density at radius 3 is 2.64 bits per heavy atom.